The van der Waals surface area contributed by atoms with Crippen molar-refractivity contribution in [3.05, 3.63) is 84.2 Å². The van der Waals surface area contributed by atoms with E-state index in [1.807, 2.05) is 48.3 Å². The van der Waals surface area contributed by atoms with Gasteiger partial charge in [0, 0.05) is 31.3 Å². The molecular weight excluding hydrogens is 593 g/mol. The number of carbonyl (C=O) groups is 1. The second kappa shape index (κ2) is 13.2. The molecular formula is C30H32IN3O4. The number of aliphatic hydroxyl groups is 1. The van der Waals surface area contributed by atoms with E-state index in [1.54, 1.807) is 0 Å². The molecule has 2 aromatic heterocycles. The van der Waals surface area contributed by atoms with Gasteiger partial charge in [0.1, 0.15) is 7.05 Å². The maximum absolute atomic E-state index is 13.2. The van der Waals surface area contributed by atoms with E-state index in [0.29, 0.717) is 17.9 Å². The molecule has 198 valence electrons. The number of aliphatic hydroxyl groups excluding tert-OH is 1. The van der Waals surface area contributed by atoms with E-state index in [-0.39, 0.29) is 36.5 Å². The third-order valence-corrected chi connectivity index (χ3v) is 6.65. The highest BCUT2D eigenvalue weighted by atomic mass is 127. The smallest absolute Gasteiger partial charge is 0.275 e. The van der Waals surface area contributed by atoms with Gasteiger partial charge in [-0.1, -0.05) is 48.5 Å². The van der Waals surface area contributed by atoms with E-state index in [0.717, 1.165) is 59.7 Å². The van der Waals surface area contributed by atoms with Crippen LogP contribution in [0.15, 0.2) is 73.1 Å². The molecule has 7 nitrogen and oxygen atoms in total. The monoisotopic (exact) mass is 625 g/mol. The second-order valence-electron chi connectivity index (χ2n) is 9.41. The number of hydrogen-bond acceptors (Lipinski definition) is 5. The average Bonchev–Trinajstić information content (AvgIpc) is 2.95. The Hall–Kier alpha value is -2.92. The molecule has 1 atom stereocenters. The van der Waals surface area contributed by atoms with E-state index in [9.17, 15) is 4.79 Å². The van der Waals surface area contributed by atoms with Crippen LogP contribution in [0.5, 0.6) is 0 Å². The largest absolute Gasteiger partial charge is 1.00 e. The first-order chi connectivity index (χ1) is 18.1. The van der Waals surface area contributed by atoms with Crippen molar-refractivity contribution in [1.29, 1.82) is 0 Å². The number of rotatable bonds is 8. The van der Waals surface area contributed by atoms with Gasteiger partial charge in [0.2, 0.25) is 0 Å². The first-order valence-corrected chi connectivity index (χ1v) is 12.8. The molecule has 1 aliphatic heterocycles. The molecule has 0 bridgehead atoms. The van der Waals surface area contributed by atoms with Crippen LogP contribution in [0.3, 0.4) is 0 Å². The molecule has 4 aromatic rings. The van der Waals surface area contributed by atoms with Crippen LogP contribution in [0.1, 0.15) is 41.6 Å². The highest BCUT2D eigenvalue weighted by Crippen LogP contribution is 2.27. The van der Waals surface area contributed by atoms with Crippen LogP contribution >= 0.6 is 0 Å². The van der Waals surface area contributed by atoms with Gasteiger partial charge in [-0.15, -0.1) is 0 Å². The topological polar surface area (TPSA) is 84.6 Å². The third kappa shape index (κ3) is 6.74. The number of nitrogens with one attached hydrogen (secondary N) is 1. The van der Waals surface area contributed by atoms with Crippen LogP contribution in [0, 0.1) is 0 Å². The molecule has 1 fully saturated rings. The molecule has 1 amide bonds. The lowest BCUT2D eigenvalue weighted by atomic mass is 9.99. The van der Waals surface area contributed by atoms with Crippen molar-refractivity contribution in [3.8, 4) is 22.4 Å². The highest BCUT2D eigenvalue weighted by Gasteiger charge is 2.20. The Morgan fingerprint density at radius 3 is 2.47 bits per heavy atom. The minimum Gasteiger partial charge on any atom is -1.00 e. The molecule has 0 aliphatic carbocycles. The zero-order valence-corrected chi connectivity index (χ0v) is 23.6. The lowest BCUT2D eigenvalue weighted by Gasteiger charge is -2.22. The Morgan fingerprint density at radius 1 is 1.08 bits per heavy atom. The summed E-state index contributed by atoms with van der Waals surface area (Å²) in [6.45, 7) is 0.846. The molecule has 5 rings (SSSR count). The fourth-order valence-corrected chi connectivity index (χ4v) is 4.57. The summed E-state index contributed by atoms with van der Waals surface area (Å²) in [7, 11) is 1.92. The number of aromatic nitrogens is 2. The van der Waals surface area contributed by atoms with Crippen molar-refractivity contribution in [2.45, 2.75) is 38.4 Å². The zero-order valence-electron chi connectivity index (χ0n) is 21.4. The number of nitrogens with zero attached hydrogens (tertiary/aromatic N) is 2. The number of benzene rings is 2. The van der Waals surface area contributed by atoms with Crippen LogP contribution in [0.25, 0.3) is 33.3 Å². The van der Waals surface area contributed by atoms with E-state index in [2.05, 4.69) is 41.9 Å². The van der Waals surface area contributed by atoms with E-state index >= 15 is 0 Å². The highest BCUT2D eigenvalue weighted by molar-refractivity contribution is 6.06. The summed E-state index contributed by atoms with van der Waals surface area (Å²) in [5, 5.41) is 9.79. The summed E-state index contributed by atoms with van der Waals surface area (Å²) in [5.74, 6) is -0.327. The number of halogens is 1. The second-order valence-corrected chi connectivity index (χ2v) is 9.41. The molecule has 38 heavy (non-hydrogen) atoms. The number of aryl methyl sites for hydroxylation is 2. The first-order valence-electron chi connectivity index (χ1n) is 12.8. The van der Waals surface area contributed by atoms with Crippen molar-refractivity contribution < 1.29 is 48.0 Å². The van der Waals surface area contributed by atoms with Gasteiger partial charge in [-0.05, 0) is 48.4 Å². The number of carbonyl (C=O) groups excluding carboxylic acids is 1. The molecule has 0 spiro atoms. The van der Waals surface area contributed by atoms with Crippen molar-refractivity contribution in [2.24, 2.45) is 7.05 Å². The molecule has 0 radical (unpaired) electrons. The van der Waals surface area contributed by atoms with Crippen molar-refractivity contribution >= 4 is 16.8 Å². The summed E-state index contributed by atoms with van der Waals surface area (Å²) < 4.78 is 7.47. The minimum atomic E-state index is -0.419. The quantitative estimate of drug-likeness (QED) is 0.176. The Bertz CT molecular complexity index is 1370. The lowest BCUT2D eigenvalue weighted by Crippen LogP contribution is -3.00. The van der Waals surface area contributed by atoms with Crippen LogP contribution < -0.4 is 34.0 Å². The van der Waals surface area contributed by atoms with E-state index in [4.69, 9.17) is 19.7 Å². The van der Waals surface area contributed by atoms with Crippen molar-refractivity contribution in [3.63, 3.8) is 0 Å². The van der Waals surface area contributed by atoms with Gasteiger partial charge in [-0.3, -0.25) is 4.79 Å². The summed E-state index contributed by atoms with van der Waals surface area (Å²) in [5.41, 5.74) is 8.90. The fraction of sp³-hybridized carbons (Fsp3) is 0.300. The van der Waals surface area contributed by atoms with Crippen LogP contribution in [0.4, 0.5) is 0 Å². The Morgan fingerprint density at radius 2 is 1.79 bits per heavy atom. The summed E-state index contributed by atoms with van der Waals surface area (Å²) in [6, 6.07) is 20.3. The molecule has 3 heterocycles. The predicted octanol–water partition coefficient (Wildman–Crippen LogP) is 1.51. The average molecular weight is 626 g/mol. The first kappa shape index (κ1) is 28.1. The van der Waals surface area contributed by atoms with Gasteiger partial charge in [-0.25, -0.2) is 19.9 Å². The van der Waals surface area contributed by atoms with Gasteiger partial charge in [0.25, 0.3) is 5.91 Å². The van der Waals surface area contributed by atoms with Gasteiger partial charge in [-0.2, -0.15) is 0 Å². The normalized spacial score (nSPS) is 15.2. The fourth-order valence-electron chi connectivity index (χ4n) is 4.57. The molecule has 8 heteroatoms. The summed E-state index contributed by atoms with van der Waals surface area (Å²) >= 11 is 0. The van der Waals surface area contributed by atoms with Crippen LogP contribution in [-0.4, -0.2) is 35.5 Å². The van der Waals surface area contributed by atoms with E-state index < -0.39 is 6.29 Å². The molecule has 2 N–H and O–H groups in total. The van der Waals surface area contributed by atoms with Crippen LogP contribution in [0.2, 0.25) is 0 Å². The summed E-state index contributed by atoms with van der Waals surface area (Å²) in [6.07, 6.45) is 7.82. The molecule has 0 saturated carbocycles. The number of hydroxylamine groups is 1. The maximum Gasteiger partial charge on any atom is 0.275 e. The molecule has 2 aromatic carbocycles. The van der Waals surface area contributed by atoms with Gasteiger partial charge in [0.05, 0.1) is 22.2 Å². The van der Waals surface area contributed by atoms with Gasteiger partial charge < -0.3 is 33.8 Å². The molecule has 1 aliphatic rings. The number of pyridine rings is 2. The lowest BCUT2D eigenvalue weighted by molar-refractivity contribution is -0.670. The number of hydrogen-bond donors (Lipinski definition) is 2. The van der Waals surface area contributed by atoms with Gasteiger partial charge in [0.15, 0.2) is 18.7 Å². The number of amides is 1. The Labute approximate surface area is 239 Å². The predicted molar refractivity (Wildman–Crippen MR) is 141 cm³/mol. The number of fused-ring (bicyclic) bond motifs is 1. The summed E-state index contributed by atoms with van der Waals surface area (Å²) in [4.78, 5) is 23.6. The number of ether oxygens (including phenoxy) is 1. The Balaban J connectivity index is 0.00000336. The van der Waals surface area contributed by atoms with Gasteiger partial charge >= 0.3 is 0 Å². The maximum atomic E-state index is 13.2. The van der Waals surface area contributed by atoms with Crippen molar-refractivity contribution in [1.82, 2.24) is 10.5 Å². The molecule has 1 saturated heterocycles. The SMILES string of the molecule is C[n+]1ccc2nc(-c3ccc(-c4ccc(CCCO)cc4)cc3)cc(C(=O)NOC3CCCCO3)c2c1.[I-]. The van der Waals surface area contributed by atoms with Crippen molar-refractivity contribution in [2.75, 3.05) is 13.2 Å². The third-order valence-electron chi connectivity index (χ3n) is 6.65. The standard InChI is InChI=1S/C30H31N3O4.HI/c1-33-16-15-27-26(20-33)25(30(35)32-37-29-6-2-3-18-36-29)19-28(31-27)24-13-11-23(12-14-24)22-9-7-21(8-10-22)5-4-17-34;/h7-16,19-20,29,34H,2-6,17-18H2,1H3;1H. The molecule has 1 unspecified atom stereocenters. The Kier molecular flexibility index (Phi) is 9.79. The van der Waals surface area contributed by atoms with Crippen LogP contribution in [-0.2, 0) is 23.0 Å². The minimum absolute atomic E-state index is 0. The zero-order chi connectivity index (χ0) is 25.6. The van der Waals surface area contributed by atoms with E-state index in [1.165, 1.54) is 5.56 Å².